The van der Waals surface area contributed by atoms with Gasteiger partial charge in [0, 0.05) is 118 Å². The van der Waals surface area contributed by atoms with E-state index in [1.165, 1.54) is 17.3 Å². The van der Waals surface area contributed by atoms with Gasteiger partial charge in [-0.1, -0.05) is 84.9 Å². The van der Waals surface area contributed by atoms with Crippen LogP contribution in [0.2, 0.25) is 0 Å². The average Bonchev–Trinajstić information content (AvgIpc) is 4.37. The van der Waals surface area contributed by atoms with Gasteiger partial charge in [-0.2, -0.15) is 4.99 Å². The summed E-state index contributed by atoms with van der Waals surface area (Å²) in [6, 6.07) is 62.2. The third-order valence-corrected chi connectivity index (χ3v) is 15.7. The molecule has 4 N–H and O–H groups in total. The number of hydrogen-bond acceptors (Lipinski definition) is 12. The van der Waals surface area contributed by atoms with Gasteiger partial charge < -0.3 is 45.4 Å². The number of carbonyl (C=O) groups excluding carboxylic acids is 4. The maximum atomic E-state index is 13.6. The van der Waals surface area contributed by atoms with Crippen LogP contribution >= 0.6 is 0 Å². The van der Waals surface area contributed by atoms with Gasteiger partial charge in [-0.25, -0.2) is 9.59 Å². The van der Waals surface area contributed by atoms with E-state index in [4.69, 9.17) is 15.2 Å². The molecule has 88 heavy (non-hydrogen) atoms. The van der Waals surface area contributed by atoms with Crippen molar-refractivity contribution in [2.45, 2.75) is 65.8 Å². The van der Waals surface area contributed by atoms with Crippen LogP contribution in [0.4, 0.5) is 50.3 Å². The summed E-state index contributed by atoms with van der Waals surface area (Å²) in [6.07, 6.45) is 3.34. The predicted molar refractivity (Wildman–Crippen MR) is 354 cm³/mol. The van der Waals surface area contributed by atoms with Crippen LogP contribution in [0, 0.1) is 0 Å². The first kappa shape index (κ1) is 61.4. The Morgan fingerprint density at radius 2 is 0.932 bits per heavy atom. The number of isocyanates is 1. The maximum Gasteiger partial charge on any atom is 0.323 e. The molecule has 4 aliphatic heterocycles. The number of aliphatic imine (C=N–C) groups is 1. The molecule has 0 bridgehead atoms. The van der Waals surface area contributed by atoms with Gasteiger partial charge in [0.2, 0.25) is 6.08 Å². The second-order valence-corrected chi connectivity index (χ2v) is 22.8. The Labute approximate surface area is 516 Å². The summed E-state index contributed by atoms with van der Waals surface area (Å²) < 4.78 is 12.1. The van der Waals surface area contributed by atoms with Gasteiger partial charge in [0.1, 0.15) is 11.5 Å². The molecule has 16 heteroatoms. The quantitative estimate of drug-likeness (QED) is 0.0507. The van der Waals surface area contributed by atoms with Crippen molar-refractivity contribution in [3.63, 3.8) is 0 Å². The predicted octanol–water partition coefficient (Wildman–Crippen LogP) is 12.9. The van der Waals surface area contributed by atoms with Crippen molar-refractivity contribution >= 4 is 69.4 Å². The molecule has 2 fully saturated rings. The lowest BCUT2D eigenvalue weighted by Gasteiger charge is -2.37. The number of nitrogen functional groups attached to an aromatic ring is 1. The van der Waals surface area contributed by atoms with Crippen LogP contribution in [-0.4, -0.2) is 111 Å². The number of nitrogens with one attached hydrogen (secondary N) is 2. The number of ether oxygens (including phenoxy) is 2. The molecule has 16 nitrogen and oxygen atoms in total. The zero-order valence-electron chi connectivity index (χ0n) is 50.7. The summed E-state index contributed by atoms with van der Waals surface area (Å²) in [5.74, 6) is 1.95. The Morgan fingerprint density at radius 3 is 1.43 bits per heavy atom. The third kappa shape index (κ3) is 16.2. The van der Waals surface area contributed by atoms with Gasteiger partial charge in [0.15, 0.2) is 0 Å². The lowest BCUT2D eigenvalue weighted by Crippen LogP contribution is -2.46. The summed E-state index contributed by atoms with van der Waals surface area (Å²) in [5.41, 5.74) is 18.9. The fraction of sp³-hybridized carbons (Fsp3) is 0.278. The van der Waals surface area contributed by atoms with E-state index in [-0.39, 0.29) is 30.1 Å². The van der Waals surface area contributed by atoms with Gasteiger partial charge in [-0.3, -0.25) is 19.4 Å². The van der Waals surface area contributed by atoms with Crippen molar-refractivity contribution in [1.82, 2.24) is 9.80 Å². The molecule has 0 saturated carbocycles. The van der Waals surface area contributed by atoms with E-state index in [2.05, 4.69) is 111 Å². The van der Waals surface area contributed by atoms with Crippen LogP contribution in [-0.2, 0) is 30.7 Å². The number of fused-ring (bicyclic) bond motifs is 2. The number of nitrogens with zero attached hydrogens (tertiary/aromatic N) is 7. The highest BCUT2D eigenvalue weighted by molar-refractivity contribution is 6.08. The summed E-state index contributed by atoms with van der Waals surface area (Å²) in [5, 5.41) is 5.73. The summed E-state index contributed by atoms with van der Waals surface area (Å²) in [6.45, 7) is 18.7. The van der Waals surface area contributed by atoms with Crippen LogP contribution in [0.5, 0.6) is 11.5 Å². The normalized spacial score (nSPS) is 14.6. The van der Waals surface area contributed by atoms with Gasteiger partial charge in [-0.15, -0.1) is 0 Å². The summed E-state index contributed by atoms with van der Waals surface area (Å²) >= 11 is 0. The maximum absolute atomic E-state index is 13.6. The van der Waals surface area contributed by atoms with E-state index in [1.807, 2.05) is 143 Å². The van der Waals surface area contributed by atoms with Crippen molar-refractivity contribution in [3.05, 3.63) is 228 Å². The van der Waals surface area contributed by atoms with E-state index in [0.717, 1.165) is 140 Å². The Bertz CT molecular complexity index is 3710. The van der Waals surface area contributed by atoms with Gasteiger partial charge >= 0.3 is 6.03 Å². The monoisotopic (exact) mass is 1180 g/mol. The second-order valence-electron chi connectivity index (χ2n) is 22.8. The van der Waals surface area contributed by atoms with Crippen LogP contribution in [0.15, 0.2) is 199 Å². The number of carbonyl (C=O) groups is 3. The fourth-order valence-electron chi connectivity index (χ4n) is 11.6. The SMILES string of the molecule is CC(C)Oc1ccccc1N1CCN(Cc2cccc(C(=O)N3CCc4cc(N)ccc43)c2)CC1.CC(C)Oc1ccccc1N1CCN(Cc2cccc(C(=O)N3CCc4cc(NC(=O)Nc5ccccc5)ccc43)c2)CC1.O=C=Nc1ccccc1. The molecule has 4 amide bonds. The zero-order valence-corrected chi connectivity index (χ0v) is 50.7. The van der Waals surface area contributed by atoms with Crippen molar-refractivity contribution in [2.24, 2.45) is 4.99 Å². The molecule has 2 saturated heterocycles. The van der Waals surface area contributed by atoms with Gasteiger partial charge in [0.05, 0.1) is 29.3 Å². The Balaban J connectivity index is 0.000000173. The van der Waals surface area contributed by atoms with E-state index in [0.29, 0.717) is 30.0 Å². The van der Waals surface area contributed by atoms with Crippen molar-refractivity contribution < 1.29 is 28.7 Å². The molecule has 0 aliphatic carbocycles. The lowest BCUT2D eigenvalue weighted by molar-refractivity contribution is 0.0981. The number of benzene rings is 8. The molecule has 0 radical (unpaired) electrons. The second kappa shape index (κ2) is 29.6. The molecule has 4 heterocycles. The van der Waals surface area contributed by atoms with E-state index in [9.17, 15) is 19.2 Å². The van der Waals surface area contributed by atoms with Crippen molar-refractivity contribution in [3.8, 4) is 11.5 Å². The highest BCUT2D eigenvalue weighted by Crippen LogP contribution is 2.35. The smallest absolute Gasteiger partial charge is 0.323 e. The van der Waals surface area contributed by atoms with E-state index in [1.54, 1.807) is 12.1 Å². The van der Waals surface area contributed by atoms with Crippen LogP contribution in [0.25, 0.3) is 0 Å². The van der Waals surface area contributed by atoms with Crippen LogP contribution < -0.4 is 45.4 Å². The van der Waals surface area contributed by atoms with Gasteiger partial charge in [-0.05, 0) is 172 Å². The molecular formula is C72H78N10O6. The molecule has 0 atom stereocenters. The zero-order chi connectivity index (χ0) is 61.4. The van der Waals surface area contributed by atoms with Crippen molar-refractivity contribution in [1.29, 1.82) is 0 Å². The molecule has 8 aromatic rings. The number of amides is 4. The van der Waals surface area contributed by atoms with E-state index < -0.39 is 0 Å². The summed E-state index contributed by atoms with van der Waals surface area (Å²) in [4.78, 5) is 65.9. The lowest BCUT2D eigenvalue weighted by atomic mass is 10.1. The minimum atomic E-state index is -0.301. The first-order chi connectivity index (χ1) is 42.8. The minimum absolute atomic E-state index is 0.000270. The largest absolute Gasteiger partial charge is 0.489 e. The molecule has 452 valence electrons. The molecule has 8 aromatic carbocycles. The topological polar surface area (TPSA) is 169 Å². The Morgan fingerprint density at radius 1 is 0.477 bits per heavy atom. The highest BCUT2D eigenvalue weighted by atomic mass is 16.5. The molecule has 0 spiro atoms. The van der Waals surface area contributed by atoms with Gasteiger partial charge in [0.25, 0.3) is 11.8 Å². The van der Waals surface area contributed by atoms with Crippen molar-refractivity contribution in [2.75, 3.05) is 101 Å². The van der Waals surface area contributed by atoms with E-state index >= 15 is 0 Å². The Kier molecular flexibility index (Phi) is 20.6. The molecular weight excluding hydrogens is 1100 g/mol. The average molecular weight is 1180 g/mol. The number of para-hydroxylation sites is 6. The standard InChI is InChI=1S/C36H39N5O3.C29H34N4O2.C7H5NO/c1-26(2)44-34-14-7-6-13-33(34)40-21-19-39(20-22-40)25-27-9-8-10-29(23-27)35(42)41-18-17-28-24-31(15-16-32(28)41)38-36(43)37-30-11-4-3-5-12-30;1-21(2)35-28-9-4-3-8-27(28)32-16-14-31(15-17-32)20-22-6-5-7-24(18-22)29(34)33-13-12-23-19-25(30)10-11-26(23)33;9-6-8-7-4-2-1-3-5-7/h3-16,23-24,26H,17-22,25H2,1-2H3,(H2,37,38,43);3-11,18-19,21H,12-17,20,30H2,1-2H3;1-5H. The molecule has 4 aliphatic rings. The van der Waals surface area contributed by atoms with Crippen LogP contribution in [0.3, 0.4) is 0 Å². The van der Waals surface area contributed by atoms with Crippen LogP contribution in [0.1, 0.15) is 70.7 Å². The highest BCUT2D eigenvalue weighted by Gasteiger charge is 2.29. The third-order valence-electron chi connectivity index (χ3n) is 15.7. The number of rotatable bonds is 15. The first-order valence-electron chi connectivity index (χ1n) is 30.4. The number of anilines is 7. The number of piperazine rings is 2. The Hall–Kier alpha value is -9.73. The minimum Gasteiger partial charge on any atom is -0.489 e. The number of hydrogen-bond donors (Lipinski definition) is 3. The number of nitrogens with two attached hydrogens (primary N) is 1. The number of urea groups is 1. The molecule has 0 unspecified atom stereocenters. The molecule has 12 rings (SSSR count). The first-order valence-corrected chi connectivity index (χ1v) is 30.4. The fourth-order valence-corrected chi connectivity index (χ4v) is 11.6. The molecule has 0 aromatic heterocycles. The summed E-state index contributed by atoms with van der Waals surface area (Å²) in [7, 11) is 0.